The van der Waals surface area contributed by atoms with E-state index >= 15 is 0 Å². The molecule has 132 valence electrons. The molecule has 27 heavy (non-hydrogen) atoms. The van der Waals surface area contributed by atoms with Gasteiger partial charge in [0.05, 0.1) is 16.8 Å². The van der Waals surface area contributed by atoms with Gasteiger partial charge < -0.3 is 5.32 Å². The van der Waals surface area contributed by atoms with Crippen LogP contribution < -0.4 is 5.32 Å². The minimum absolute atomic E-state index is 0.695. The summed E-state index contributed by atoms with van der Waals surface area (Å²) in [4.78, 5) is 8.85. The largest absolute Gasteiger partial charge is 0.340 e. The average Bonchev–Trinajstić information content (AvgIpc) is 3.34. The Hall–Kier alpha value is -3.74. The first-order chi connectivity index (χ1) is 13.3. The number of fused-ring (bicyclic) bond motifs is 2. The Labute approximate surface area is 155 Å². The molecule has 4 aromatic heterocycles. The van der Waals surface area contributed by atoms with E-state index in [0.717, 1.165) is 45.6 Å². The second kappa shape index (κ2) is 6.21. The van der Waals surface area contributed by atoms with E-state index in [1.54, 1.807) is 6.20 Å². The van der Waals surface area contributed by atoms with Crippen LogP contribution in [0.15, 0.2) is 61.1 Å². The molecule has 0 atom stereocenters. The summed E-state index contributed by atoms with van der Waals surface area (Å²) in [5.74, 6) is 0.829. The number of aryl methyl sites for hydroxylation is 1. The Balaban J connectivity index is 1.57. The topological polar surface area (TPSA) is 84.3 Å². The Bertz CT molecular complexity index is 1250. The van der Waals surface area contributed by atoms with Crippen molar-refractivity contribution in [1.82, 2.24) is 29.9 Å². The van der Waals surface area contributed by atoms with Crippen LogP contribution in [-0.4, -0.2) is 29.9 Å². The Morgan fingerprint density at radius 1 is 1.00 bits per heavy atom. The minimum atomic E-state index is 0.695. The fourth-order valence-corrected chi connectivity index (χ4v) is 3.34. The van der Waals surface area contributed by atoms with Crippen LogP contribution >= 0.6 is 0 Å². The molecule has 0 aliphatic rings. The van der Waals surface area contributed by atoms with Crippen LogP contribution in [0.25, 0.3) is 33.2 Å². The summed E-state index contributed by atoms with van der Waals surface area (Å²) in [6.45, 7) is 2.88. The number of aromatic amines is 1. The van der Waals surface area contributed by atoms with Gasteiger partial charge in [-0.2, -0.15) is 10.2 Å². The molecule has 0 unspecified atom stereocenters. The van der Waals surface area contributed by atoms with Gasteiger partial charge in [-0.3, -0.25) is 14.8 Å². The molecule has 0 aliphatic heterocycles. The van der Waals surface area contributed by atoms with Crippen molar-refractivity contribution in [1.29, 1.82) is 0 Å². The highest BCUT2D eigenvalue weighted by molar-refractivity contribution is 5.96. The predicted molar refractivity (Wildman–Crippen MR) is 106 cm³/mol. The van der Waals surface area contributed by atoms with E-state index in [1.165, 1.54) is 0 Å². The highest BCUT2D eigenvalue weighted by Gasteiger charge is 2.11. The molecule has 2 N–H and O–H groups in total. The molecule has 5 rings (SSSR count). The fourth-order valence-electron chi connectivity index (χ4n) is 3.34. The monoisotopic (exact) mass is 355 g/mol. The van der Waals surface area contributed by atoms with Crippen LogP contribution in [0.3, 0.4) is 0 Å². The van der Waals surface area contributed by atoms with E-state index in [2.05, 4.69) is 49.6 Å². The number of hydrogen-bond acceptors (Lipinski definition) is 5. The highest BCUT2D eigenvalue weighted by atomic mass is 15.3. The van der Waals surface area contributed by atoms with Crippen molar-refractivity contribution in [2.45, 2.75) is 13.5 Å². The van der Waals surface area contributed by atoms with Crippen LogP contribution in [0.5, 0.6) is 0 Å². The van der Waals surface area contributed by atoms with Crippen LogP contribution in [0.2, 0.25) is 0 Å². The number of H-pyrrole nitrogens is 1. The maximum atomic E-state index is 4.60. The second-order valence-corrected chi connectivity index (χ2v) is 6.23. The molecule has 1 aromatic carbocycles. The Morgan fingerprint density at radius 2 is 1.96 bits per heavy atom. The molecule has 0 fully saturated rings. The second-order valence-electron chi connectivity index (χ2n) is 6.23. The lowest BCUT2D eigenvalue weighted by Gasteiger charge is -2.10. The summed E-state index contributed by atoms with van der Waals surface area (Å²) in [6, 6.07) is 14.1. The number of rotatable bonds is 4. The third kappa shape index (κ3) is 2.60. The molecule has 4 heterocycles. The Kier molecular flexibility index (Phi) is 3.57. The van der Waals surface area contributed by atoms with Gasteiger partial charge in [-0.05, 0) is 48.7 Å². The molecule has 7 nitrogen and oxygen atoms in total. The predicted octanol–water partition coefficient (Wildman–Crippen LogP) is 4.13. The van der Waals surface area contributed by atoms with Crippen LogP contribution in [0.1, 0.15) is 6.92 Å². The highest BCUT2D eigenvalue weighted by Crippen LogP contribution is 2.30. The zero-order chi connectivity index (χ0) is 18.2. The number of benzene rings is 1. The summed E-state index contributed by atoms with van der Waals surface area (Å²) in [7, 11) is 0. The van der Waals surface area contributed by atoms with Gasteiger partial charge in [0.25, 0.3) is 0 Å². The number of aromatic nitrogens is 6. The number of pyridine rings is 2. The van der Waals surface area contributed by atoms with Crippen molar-refractivity contribution >= 4 is 33.3 Å². The zero-order valence-electron chi connectivity index (χ0n) is 14.7. The summed E-state index contributed by atoms with van der Waals surface area (Å²) >= 11 is 0. The average molecular weight is 355 g/mol. The molecule has 7 heteroatoms. The summed E-state index contributed by atoms with van der Waals surface area (Å²) in [6.07, 6.45) is 5.38. The molecule has 0 saturated heterocycles. The molecule has 0 bridgehead atoms. The van der Waals surface area contributed by atoms with Crippen molar-refractivity contribution < 1.29 is 0 Å². The maximum Gasteiger partial charge on any atom is 0.183 e. The van der Waals surface area contributed by atoms with Crippen LogP contribution in [-0.2, 0) is 6.54 Å². The zero-order valence-corrected chi connectivity index (χ0v) is 14.7. The lowest BCUT2D eigenvalue weighted by atomic mass is 10.1. The number of nitrogens with one attached hydrogen (secondary N) is 2. The van der Waals surface area contributed by atoms with E-state index in [0.29, 0.717) is 5.65 Å². The first kappa shape index (κ1) is 15.5. The number of hydrogen-bond donors (Lipinski definition) is 2. The van der Waals surface area contributed by atoms with Gasteiger partial charge >= 0.3 is 0 Å². The Morgan fingerprint density at radius 3 is 2.89 bits per heavy atom. The molecular weight excluding hydrogens is 338 g/mol. The lowest BCUT2D eigenvalue weighted by Crippen LogP contribution is -2.00. The number of nitrogens with zero attached hydrogens (tertiary/aromatic N) is 5. The van der Waals surface area contributed by atoms with Crippen molar-refractivity contribution in [3.8, 4) is 11.4 Å². The lowest BCUT2D eigenvalue weighted by molar-refractivity contribution is 0.666. The molecule has 0 saturated carbocycles. The summed E-state index contributed by atoms with van der Waals surface area (Å²) in [5, 5.41) is 18.2. The van der Waals surface area contributed by atoms with E-state index in [9.17, 15) is 0 Å². The maximum absolute atomic E-state index is 4.60. The molecule has 0 radical (unpaired) electrons. The molecular formula is C20H17N7. The first-order valence-corrected chi connectivity index (χ1v) is 8.80. The minimum Gasteiger partial charge on any atom is -0.340 e. The van der Waals surface area contributed by atoms with Gasteiger partial charge in [0, 0.05) is 36.2 Å². The smallest absolute Gasteiger partial charge is 0.183 e. The van der Waals surface area contributed by atoms with E-state index < -0.39 is 0 Å². The molecule has 0 amide bonds. The van der Waals surface area contributed by atoms with Gasteiger partial charge in [0.1, 0.15) is 5.82 Å². The van der Waals surface area contributed by atoms with Crippen molar-refractivity contribution in [2.75, 3.05) is 5.32 Å². The quantitative estimate of drug-likeness (QED) is 0.506. The van der Waals surface area contributed by atoms with Crippen LogP contribution in [0.4, 0.5) is 11.5 Å². The first-order valence-electron chi connectivity index (χ1n) is 8.80. The van der Waals surface area contributed by atoms with Crippen LogP contribution in [0, 0.1) is 0 Å². The van der Waals surface area contributed by atoms with Gasteiger partial charge in [-0.25, -0.2) is 4.98 Å². The third-order valence-corrected chi connectivity index (χ3v) is 4.62. The van der Waals surface area contributed by atoms with E-state index in [4.69, 9.17) is 0 Å². The van der Waals surface area contributed by atoms with Crippen molar-refractivity contribution in [3.63, 3.8) is 0 Å². The van der Waals surface area contributed by atoms with Gasteiger partial charge in [0.15, 0.2) is 5.65 Å². The summed E-state index contributed by atoms with van der Waals surface area (Å²) in [5.41, 5.74) is 3.63. The molecule has 0 aliphatic carbocycles. The molecule has 5 aromatic rings. The van der Waals surface area contributed by atoms with Crippen molar-refractivity contribution in [2.24, 2.45) is 0 Å². The van der Waals surface area contributed by atoms with Gasteiger partial charge in [0.2, 0.25) is 0 Å². The normalized spacial score (nSPS) is 11.3. The standard InChI is InChI=1S/C20H17N7/c1-2-27-17(8-11-23-27)18-15-6-5-14(12-13(15)7-10-21-18)24-20-16-4-3-9-22-19(16)25-26-20/h3-12H,2H2,1H3,(H2,22,24,25,26). The van der Waals surface area contributed by atoms with Crippen molar-refractivity contribution in [3.05, 3.63) is 61.1 Å². The number of anilines is 2. The molecule has 0 spiro atoms. The third-order valence-electron chi connectivity index (χ3n) is 4.62. The SMILES string of the molecule is CCn1nccc1-c1nccc2cc(Nc3[nH]nc4ncccc34)ccc12. The summed E-state index contributed by atoms with van der Waals surface area (Å²) < 4.78 is 1.96. The van der Waals surface area contributed by atoms with Gasteiger partial charge in [-0.15, -0.1) is 0 Å². The van der Waals surface area contributed by atoms with Gasteiger partial charge in [-0.1, -0.05) is 6.07 Å². The van der Waals surface area contributed by atoms with E-state index in [-0.39, 0.29) is 0 Å². The fraction of sp³-hybridized carbons (Fsp3) is 0.100. The van der Waals surface area contributed by atoms with E-state index in [1.807, 2.05) is 47.4 Å².